The Kier molecular flexibility index (Phi) is 10.8. The highest BCUT2D eigenvalue weighted by Crippen LogP contribution is 2.31. The van der Waals surface area contributed by atoms with Crippen LogP contribution in [0.2, 0.25) is 0 Å². The second-order valence-corrected chi connectivity index (χ2v) is 13.3. The average Bonchev–Trinajstić information content (AvgIpc) is 3.29. The highest BCUT2D eigenvalue weighted by Gasteiger charge is 2.48. The lowest BCUT2D eigenvalue weighted by molar-refractivity contribution is -0.162. The van der Waals surface area contributed by atoms with Gasteiger partial charge in [0.2, 0.25) is 17.6 Å². The van der Waals surface area contributed by atoms with Crippen LogP contribution < -0.4 is 10.6 Å². The lowest BCUT2D eigenvalue weighted by Gasteiger charge is -2.33. The Morgan fingerprint density at radius 2 is 1.65 bits per heavy atom. The molecule has 240 valence electrons. The topological polar surface area (TPSA) is 118 Å². The lowest BCUT2D eigenvalue weighted by atomic mass is 9.85. The maximum atomic E-state index is 13.9. The maximum absolute atomic E-state index is 13.9. The van der Waals surface area contributed by atoms with Crippen molar-refractivity contribution in [2.24, 2.45) is 11.3 Å². The third-order valence-corrected chi connectivity index (χ3v) is 7.91. The smallest absolute Gasteiger partial charge is 0.338 e. The van der Waals surface area contributed by atoms with Crippen molar-refractivity contribution >= 4 is 23.9 Å². The summed E-state index contributed by atoms with van der Waals surface area (Å²) in [6.45, 7) is 10.8. The van der Waals surface area contributed by atoms with Gasteiger partial charge in [0.05, 0.1) is 23.6 Å². The third-order valence-electron chi connectivity index (χ3n) is 7.91. The Balaban J connectivity index is 1.48. The largest absolute Gasteiger partial charge is 0.432 e. The maximum Gasteiger partial charge on any atom is 0.338 e. The van der Waals surface area contributed by atoms with Gasteiger partial charge in [-0.05, 0) is 59.6 Å². The van der Waals surface area contributed by atoms with Crippen LogP contribution in [-0.4, -0.2) is 35.7 Å². The predicted octanol–water partition coefficient (Wildman–Crippen LogP) is 6.25. The van der Waals surface area contributed by atoms with E-state index in [9.17, 15) is 14.4 Å². The molecule has 1 fully saturated rings. The normalized spacial score (nSPS) is 17.8. The summed E-state index contributed by atoms with van der Waals surface area (Å²) in [7, 11) is 0. The molecule has 0 radical (unpaired) electrons. The first kappa shape index (κ1) is 34.1. The third kappa shape index (κ3) is 9.15. The van der Waals surface area contributed by atoms with Gasteiger partial charge in [0.15, 0.2) is 6.10 Å². The summed E-state index contributed by atoms with van der Waals surface area (Å²) < 4.78 is 11.3. The van der Waals surface area contributed by atoms with Crippen molar-refractivity contribution in [3.8, 4) is 6.07 Å². The number of allylic oxidation sites excluding steroid dienone is 1. The number of carbonyl (C=O) groups excluding carboxylic acids is 3. The number of ether oxygens (including phenoxy) is 2. The molecule has 3 aromatic carbocycles. The molecule has 0 spiro atoms. The Bertz CT molecular complexity index is 1600. The van der Waals surface area contributed by atoms with Crippen LogP contribution in [0.1, 0.15) is 81.8 Å². The molecule has 0 aliphatic carbocycles. The van der Waals surface area contributed by atoms with E-state index in [4.69, 9.17) is 14.7 Å². The van der Waals surface area contributed by atoms with E-state index in [1.54, 1.807) is 19.9 Å². The first-order valence-electron chi connectivity index (χ1n) is 15.6. The van der Waals surface area contributed by atoms with E-state index in [-0.39, 0.29) is 18.4 Å². The Morgan fingerprint density at radius 3 is 2.26 bits per heavy atom. The van der Waals surface area contributed by atoms with E-state index in [0.717, 1.165) is 22.3 Å². The predicted molar refractivity (Wildman–Crippen MR) is 177 cm³/mol. The summed E-state index contributed by atoms with van der Waals surface area (Å²) in [5.74, 6) is -3.50. The zero-order valence-electron chi connectivity index (χ0n) is 27.4. The number of rotatable bonds is 11. The molecule has 1 aliphatic rings. The van der Waals surface area contributed by atoms with Crippen molar-refractivity contribution in [3.63, 3.8) is 0 Å². The Labute approximate surface area is 271 Å². The van der Waals surface area contributed by atoms with E-state index < -0.39 is 41.1 Å². The summed E-state index contributed by atoms with van der Waals surface area (Å²) in [5, 5.41) is 15.1. The number of carbonyl (C=O) groups is 3. The number of amides is 2. The highest BCUT2D eigenvalue weighted by atomic mass is 16.8. The first-order chi connectivity index (χ1) is 21.8. The molecule has 0 unspecified atom stereocenters. The van der Waals surface area contributed by atoms with Crippen molar-refractivity contribution in [3.05, 3.63) is 113 Å². The molecule has 4 rings (SSSR count). The van der Waals surface area contributed by atoms with Crippen LogP contribution in [0, 0.1) is 22.7 Å². The fourth-order valence-corrected chi connectivity index (χ4v) is 5.42. The lowest BCUT2D eigenvalue weighted by Crippen LogP contribution is -2.56. The van der Waals surface area contributed by atoms with Crippen molar-refractivity contribution < 1.29 is 23.9 Å². The van der Waals surface area contributed by atoms with E-state index >= 15 is 0 Å². The van der Waals surface area contributed by atoms with Crippen LogP contribution in [0.25, 0.3) is 6.08 Å². The van der Waals surface area contributed by atoms with Gasteiger partial charge < -0.3 is 20.1 Å². The molecular formula is C38H43N3O5. The Hall–Kier alpha value is -4.74. The van der Waals surface area contributed by atoms with Crippen LogP contribution in [0.15, 0.2) is 84.9 Å². The quantitative estimate of drug-likeness (QED) is 0.244. The minimum absolute atomic E-state index is 0.184. The van der Waals surface area contributed by atoms with Crippen LogP contribution in [0.3, 0.4) is 0 Å². The van der Waals surface area contributed by atoms with Gasteiger partial charge in [0, 0.05) is 13.8 Å². The number of nitriles is 1. The first-order valence-corrected chi connectivity index (χ1v) is 15.6. The molecule has 2 N–H and O–H groups in total. The van der Waals surface area contributed by atoms with Gasteiger partial charge in [0.1, 0.15) is 6.04 Å². The molecule has 0 aromatic heterocycles. The number of esters is 1. The molecule has 3 aromatic rings. The molecule has 0 bridgehead atoms. The fourth-order valence-electron chi connectivity index (χ4n) is 5.42. The van der Waals surface area contributed by atoms with Gasteiger partial charge in [-0.15, -0.1) is 0 Å². The van der Waals surface area contributed by atoms with E-state index in [1.165, 1.54) is 0 Å². The van der Waals surface area contributed by atoms with E-state index in [1.807, 2.05) is 113 Å². The van der Waals surface area contributed by atoms with Gasteiger partial charge in [0.25, 0.3) is 0 Å². The van der Waals surface area contributed by atoms with Gasteiger partial charge in [-0.25, -0.2) is 4.79 Å². The molecule has 8 heteroatoms. The number of hydrogen-bond donors (Lipinski definition) is 2. The summed E-state index contributed by atoms with van der Waals surface area (Å²) in [4.78, 5) is 40.3. The van der Waals surface area contributed by atoms with Crippen molar-refractivity contribution in [1.29, 1.82) is 5.26 Å². The van der Waals surface area contributed by atoms with Crippen LogP contribution in [0.5, 0.6) is 0 Å². The number of nitrogens with one attached hydrogen (secondary N) is 2. The zero-order valence-corrected chi connectivity index (χ0v) is 27.4. The van der Waals surface area contributed by atoms with Gasteiger partial charge in [-0.2, -0.15) is 5.26 Å². The number of benzene rings is 3. The van der Waals surface area contributed by atoms with Crippen LogP contribution >= 0.6 is 0 Å². The SMILES string of the molecule is C[C@@H](NC(=O)[C@@H](NC(=O)[C@H](C/C=C/c1ccc(Cc2cccc(C#N)c2)cc1)[C@@H]1OC(C)(C)OC1=O)C(C)(C)C)c1ccccc1. The molecule has 2 amide bonds. The standard InChI is InChI=1S/C38H43N3O5/c1-25(30-15-8-7-9-16-30)40-35(43)33(37(2,3)4)41-34(42)31(32-36(44)46-38(5,6)45-32)17-11-12-26-18-20-27(21-19-26)22-28-13-10-14-29(23-28)24-39/h7-16,18-21,23,25,31-33H,17,22H2,1-6H3,(H,40,43)(H,41,42)/b12-11+/t25-,31-,32+,33-/m1/s1. The summed E-state index contributed by atoms with van der Waals surface area (Å²) in [5.41, 5.74) is 4.03. The number of hydrogen-bond acceptors (Lipinski definition) is 6. The van der Waals surface area contributed by atoms with Crippen LogP contribution in [0.4, 0.5) is 0 Å². The molecule has 1 saturated heterocycles. The van der Waals surface area contributed by atoms with E-state index in [2.05, 4.69) is 16.7 Å². The van der Waals surface area contributed by atoms with Crippen molar-refractivity contribution in [2.45, 2.75) is 78.4 Å². The van der Waals surface area contributed by atoms with Crippen molar-refractivity contribution in [1.82, 2.24) is 10.6 Å². The highest BCUT2D eigenvalue weighted by molar-refractivity contribution is 5.92. The average molecular weight is 622 g/mol. The van der Waals surface area contributed by atoms with Gasteiger partial charge in [-0.1, -0.05) is 99.7 Å². The second-order valence-electron chi connectivity index (χ2n) is 13.3. The molecule has 46 heavy (non-hydrogen) atoms. The minimum atomic E-state index is -1.17. The van der Waals surface area contributed by atoms with Gasteiger partial charge in [-0.3, -0.25) is 9.59 Å². The summed E-state index contributed by atoms with van der Waals surface area (Å²) >= 11 is 0. The Morgan fingerprint density at radius 1 is 0.957 bits per heavy atom. The molecule has 8 nitrogen and oxygen atoms in total. The second kappa shape index (κ2) is 14.6. The molecule has 0 saturated carbocycles. The molecule has 1 heterocycles. The number of nitrogens with zero attached hydrogens (tertiary/aromatic N) is 1. The molecule has 1 aliphatic heterocycles. The van der Waals surface area contributed by atoms with Crippen LogP contribution in [-0.2, 0) is 30.3 Å². The minimum Gasteiger partial charge on any atom is -0.432 e. The summed E-state index contributed by atoms with van der Waals surface area (Å²) in [6.07, 6.45) is 3.48. The number of cyclic esters (lactones) is 1. The summed E-state index contributed by atoms with van der Waals surface area (Å²) in [6, 6.07) is 26.2. The van der Waals surface area contributed by atoms with Gasteiger partial charge >= 0.3 is 5.97 Å². The monoisotopic (exact) mass is 621 g/mol. The zero-order chi connectivity index (χ0) is 33.5. The van der Waals surface area contributed by atoms with Crippen molar-refractivity contribution in [2.75, 3.05) is 0 Å². The molecular weight excluding hydrogens is 578 g/mol. The van der Waals surface area contributed by atoms with E-state index in [0.29, 0.717) is 12.0 Å². The fraction of sp³-hybridized carbons (Fsp3) is 0.368. The molecule has 4 atom stereocenters.